The molecule has 0 saturated carbocycles. The van der Waals surface area contributed by atoms with Gasteiger partial charge in [0.05, 0.1) is 0 Å². The van der Waals surface area contributed by atoms with Gasteiger partial charge < -0.3 is 15.0 Å². The number of para-hydroxylation sites is 1. The van der Waals surface area contributed by atoms with Crippen LogP contribution in [-0.4, -0.2) is 32.7 Å². The minimum Gasteiger partial charge on any atom is -0.385 e. The highest BCUT2D eigenvalue weighted by Gasteiger charge is 2.17. The van der Waals surface area contributed by atoms with Crippen LogP contribution in [0.15, 0.2) is 36.0 Å². The molecule has 2 rings (SSSR count). The van der Waals surface area contributed by atoms with E-state index in [4.69, 9.17) is 4.74 Å². The van der Waals surface area contributed by atoms with Gasteiger partial charge in [-0.2, -0.15) is 5.26 Å². The lowest BCUT2D eigenvalue weighted by molar-refractivity contribution is -0.117. The summed E-state index contributed by atoms with van der Waals surface area (Å²) < 4.78 is 4.93. The number of methoxy groups -OCH3 is 1. The second kappa shape index (κ2) is 8.20. The maximum atomic E-state index is 12.1. The van der Waals surface area contributed by atoms with Crippen LogP contribution < -0.4 is 10.2 Å². The Balaban J connectivity index is 2.06. The summed E-state index contributed by atoms with van der Waals surface area (Å²) >= 11 is 0. The second-order valence-electron chi connectivity index (χ2n) is 5.18. The number of ether oxygens (including phenoxy) is 1. The number of carbonyl (C=O) groups excluding carboxylic acids is 1. The third-order valence-electron chi connectivity index (χ3n) is 3.61. The monoisotopic (exact) mass is 299 g/mol. The van der Waals surface area contributed by atoms with Crippen molar-refractivity contribution in [3.05, 3.63) is 41.6 Å². The number of fused-ring (bicyclic) bond motifs is 1. The van der Waals surface area contributed by atoms with Crippen molar-refractivity contribution in [1.82, 2.24) is 5.32 Å². The lowest BCUT2D eigenvalue weighted by atomic mass is 10.0. The number of amides is 1. The predicted molar refractivity (Wildman–Crippen MR) is 85.3 cm³/mol. The number of benzene rings is 1. The van der Waals surface area contributed by atoms with Gasteiger partial charge in [-0.25, -0.2) is 0 Å². The molecule has 5 heteroatoms. The van der Waals surface area contributed by atoms with Crippen molar-refractivity contribution in [2.45, 2.75) is 19.3 Å². The average Bonchev–Trinajstić information content (AvgIpc) is 2.56. The standard InChI is InChI=1S/C17H21N3O2/c1-22-11-5-9-19-17(21)15(12-18)13-20-10-4-7-14-6-2-3-8-16(14)20/h2-3,6,8,13H,4-5,7,9-11H2,1H3,(H,19,21)/b15-13-. The molecule has 1 aromatic carbocycles. The van der Waals surface area contributed by atoms with Crippen LogP contribution in [0.25, 0.3) is 0 Å². The summed E-state index contributed by atoms with van der Waals surface area (Å²) in [6, 6.07) is 10.1. The van der Waals surface area contributed by atoms with Gasteiger partial charge in [0.25, 0.3) is 5.91 Å². The van der Waals surface area contributed by atoms with E-state index in [-0.39, 0.29) is 11.5 Å². The Morgan fingerprint density at radius 1 is 1.50 bits per heavy atom. The molecule has 0 unspecified atom stereocenters. The van der Waals surface area contributed by atoms with Crippen LogP contribution in [0.1, 0.15) is 18.4 Å². The molecule has 1 N–H and O–H groups in total. The van der Waals surface area contributed by atoms with Crippen LogP contribution in [0.4, 0.5) is 5.69 Å². The van der Waals surface area contributed by atoms with Crippen molar-refractivity contribution in [3.63, 3.8) is 0 Å². The van der Waals surface area contributed by atoms with E-state index in [1.54, 1.807) is 13.3 Å². The molecule has 0 aliphatic carbocycles. The number of nitrogens with zero attached hydrogens (tertiary/aromatic N) is 2. The molecule has 0 bridgehead atoms. The minimum atomic E-state index is -0.332. The Kier molecular flexibility index (Phi) is 5.99. The normalized spacial score (nSPS) is 14.2. The number of nitriles is 1. The number of hydrogen-bond donors (Lipinski definition) is 1. The van der Waals surface area contributed by atoms with Crippen LogP contribution >= 0.6 is 0 Å². The number of carbonyl (C=O) groups is 1. The first-order valence-electron chi connectivity index (χ1n) is 7.50. The Morgan fingerprint density at radius 2 is 2.32 bits per heavy atom. The molecule has 1 aliphatic rings. The summed E-state index contributed by atoms with van der Waals surface area (Å²) in [5, 5.41) is 12.0. The van der Waals surface area contributed by atoms with E-state index in [9.17, 15) is 10.1 Å². The number of nitrogens with one attached hydrogen (secondary N) is 1. The lowest BCUT2D eigenvalue weighted by Crippen LogP contribution is -2.29. The number of rotatable bonds is 6. The van der Waals surface area contributed by atoms with Crippen molar-refractivity contribution in [3.8, 4) is 6.07 Å². The maximum Gasteiger partial charge on any atom is 0.263 e. The molecule has 1 amide bonds. The molecule has 0 aromatic heterocycles. The van der Waals surface area contributed by atoms with Gasteiger partial charge >= 0.3 is 0 Å². The van der Waals surface area contributed by atoms with Crippen LogP contribution in [0.3, 0.4) is 0 Å². The smallest absolute Gasteiger partial charge is 0.263 e. The van der Waals surface area contributed by atoms with Crippen molar-refractivity contribution >= 4 is 11.6 Å². The van der Waals surface area contributed by atoms with E-state index in [1.807, 2.05) is 29.2 Å². The molecule has 116 valence electrons. The number of hydrogen-bond acceptors (Lipinski definition) is 4. The van der Waals surface area contributed by atoms with Gasteiger partial charge in [-0.1, -0.05) is 18.2 Å². The van der Waals surface area contributed by atoms with Crippen LogP contribution in [-0.2, 0) is 16.0 Å². The van der Waals surface area contributed by atoms with E-state index < -0.39 is 0 Å². The molecule has 1 heterocycles. The van der Waals surface area contributed by atoms with Gasteiger partial charge in [0.15, 0.2) is 0 Å². The van der Waals surface area contributed by atoms with Crippen molar-refractivity contribution in [2.24, 2.45) is 0 Å². The maximum absolute atomic E-state index is 12.1. The topological polar surface area (TPSA) is 65.4 Å². The van der Waals surface area contributed by atoms with E-state index >= 15 is 0 Å². The largest absolute Gasteiger partial charge is 0.385 e. The number of anilines is 1. The summed E-state index contributed by atoms with van der Waals surface area (Å²) in [6.45, 7) is 1.91. The van der Waals surface area contributed by atoms with Gasteiger partial charge in [0.2, 0.25) is 0 Å². The molecule has 0 atom stereocenters. The Hall–Kier alpha value is -2.32. The van der Waals surface area contributed by atoms with Crippen LogP contribution in [0, 0.1) is 11.3 Å². The summed E-state index contributed by atoms with van der Waals surface area (Å²) in [5.41, 5.74) is 2.46. The molecule has 22 heavy (non-hydrogen) atoms. The highest BCUT2D eigenvalue weighted by molar-refractivity contribution is 5.97. The van der Waals surface area contributed by atoms with Gasteiger partial charge in [-0.05, 0) is 30.9 Å². The molecule has 1 aromatic rings. The summed E-state index contributed by atoms with van der Waals surface area (Å²) in [4.78, 5) is 14.0. The van der Waals surface area contributed by atoms with Crippen molar-refractivity contribution in [1.29, 1.82) is 5.26 Å². The zero-order valence-corrected chi connectivity index (χ0v) is 12.8. The highest BCUT2D eigenvalue weighted by atomic mass is 16.5. The average molecular weight is 299 g/mol. The lowest BCUT2D eigenvalue weighted by Gasteiger charge is -2.28. The fourth-order valence-corrected chi connectivity index (χ4v) is 2.50. The molecular weight excluding hydrogens is 278 g/mol. The van der Waals surface area contributed by atoms with Crippen molar-refractivity contribution < 1.29 is 9.53 Å². The van der Waals surface area contributed by atoms with E-state index in [2.05, 4.69) is 11.4 Å². The molecule has 0 radical (unpaired) electrons. The van der Waals surface area contributed by atoms with Crippen LogP contribution in [0.2, 0.25) is 0 Å². The zero-order chi connectivity index (χ0) is 15.8. The third kappa shape index (κ3) is 4.09. The van der Waals surface area contributed by atoms with Gasteiger partial charge in [0.1, 0.15) is 11.6 Å². The van der Waals surface area contributed by atoms with Gasteiger partial charge in [-0.3, -0.25) is 4.79 Å². The summed E-state index contributed by atoms with van der Waals surface area (Å²) in [7, 11) is 1.62. The van der Waals surface area contributed by atoms with Gasteiger partial charge in [0, 0.05) is 38.7 Å². The first-order chi connectivity index (χ1) is 10.8. The van der Waals surface area contributed by atoms with Crippen molar-refractivity contribution in [2.75, 3.05) is 31.7 Å². The Labute approximate surface area is 131 Å². The third-order valence-corrected chi connectivity index (χ3v) is 3.61. The van der Waals surface area contributed by atoms with E-state index in [0.717, 1.165) is 31.5 Å². The van der Waals surface area contributed by atoms with Gasteiger partial charge in [-0.15, -0.1) is 0 Å². The molecule has 5 nitrogen and oxygen atoms in total. The summed E-state index contributed by atoms with van der Waals surface area (Å²) in [6.07, 6.45) is 4.43. The highest BCUT2D eigenvalue weighted by Crippen LogP contribution is 2.27. The molecule has 0 saturated heterocycles. The zero-order valence-electron chi connectivity index (χ0n) is 12.8. The molecule has 1 aliphatic heterocycles. The van der Waals surface area contributed by atoms with E-state index in [0.29, 0.717) is 13.2 Å². The first-order valence-corrected chi connectivity index (χ1v) is 7.50. The predicted octanol–water partition coefficient (Wildman–Crippen LogP) is 2.00. The minimum absolute atomic E-state index is 0.133. The van der Waals surface area contributed by atoms with E-state index in [1.165, 1.54) is 5.56 Å². The fourth-order valence-electron chi connectivity index (χ4n) is 2.50. The first kappa shape index (κ1) is 16.1. The molecule has 0 spiro atoms. The molecule has 0 fully saturated rings. The Bertz CT molecular complexity index is 590. The Morgan fingerprint density at radius 3 is 3.09 bits per heavy atom. The molecular formula is C17H21N3O2. The number of aryl methyl sites for hydroxylation is 1. The quantitative estimate of drug-likeness (QED) is 0.496. The second-order valence-corrected chi connectivity index (χ2v) is 5.18. The van der Waals surface area contributed by atoms with Crippen LogP contribution in [0.5, 0.6) is 0 Å². The SMILES string of the molecule is COCCCNC(=O)/C(C#N)=C\N1CCCc2ccccc21. The summed E-state index contributed by atoms with van der Waals surface area (Å²) in [5.74, 6) is -0.332. The fraction of sp³-hybridized carbons (Fsp3) is 0.412.